The van der Waals surface area contributed by atoms with Crippen molar-refractivity contribution in [1.29, 1.82) is 0 Å². The first-order chi connectivity index (χ1) is 8.60. The average Bonchev–Trinajstić information content (AvgIpc) is 2.74. The molecule has 0 spiro atoms. The molecular formula is C13H12Br2ClNS. The summed E-state index contributed by atoms with van der Waals surface area (Å²) in [4.78, 5) is 2.22. The van der Waals surface area contributed by atoms with Gasteiger partial charge >= 0.3 is 0 Å². The van der Waals surface area contributed by atoms with E-state index in [1.54, 1.807) is 11.3 Å². The van der Waals surface area contributed by atoms with Gasteiger partial charge in [-0.3, -0.25) is 0 Å². The molecule has 0 unspecified atom stereocenters. The van der Waals surface area contributed by atoms with Crippen molar-refractivity contribution in [2.45, 2.75) is 11.9 Å². The molecule has 5 heteroatoms. The van der Waals surface area contributed by atoms with Crippen molar-refractivity contribution in [2.24, 2.45) is 0 Å². The molecule has 0 aliphatic heterocycles. The fourth-order valence-corrected chi connectivity index (χ4v) is 3.63. The summed E-state index contributed by atoms with van der Waals surface area (Å²) in [5.74, 6) is 0. The molecular weight excluding hydrogens is 397 g/mol. The van der Waals surface area contributed by atoms with Gasteiger partial charge in [0.15, 0.2) is 0 Å². The van der Waals surface area contributed by atoms with Crippen molar-refractivity contribution in [3.63, 3.8) is 0 Å². The van der Waals surface area contributed by atoms with Gasteiger partial charge in [-0.2, -0.15) is 0 Å². The molecule has 96 valence electrons. The highest BCUT2D eigenvalue weighted by Gasteiger charge is 2.09. The molecule has 18 heavy (non-hydrogen) atoms. The minimum atomic E-state index is 0.771. The van der Waals surface area contributed by atoms with E-state index in [2.05, 4.69) is 61.3 Å². The van der Waals surface area contributed by atoms with Crippen LogP contribution in [-0.2, 0) is 11.9 Å². The van der Waals surface area contributed by atoms with E-state index in [-0.39, 0.29) is 0 Å². The Morgan fingerprint density at radius 2 is 2.11 bits per heavy atom. The van der Waals surface area contributed by atoms with Crippen LogP contribution >= 0.6 is 54.8 Å². The third kappa shape index (κ3) is 3.50. The molecule has 0 N–H and O–H groups in total. The van der Waals surface area contributed by atoms with Gasteiger partial charge in [-0.05, 0) is 50.6 Å². The highest BCUT2D eigenvalue weighted by atomic mass is 79.9. The zero-order chi connectivity index (χ0) is 13.1. The van der Waals surface area contributed by atoms with Crippen molar-refractivity contribution in [3.8, 4) is 0 Å². The lowest BCUT2D eigenvalue weighted by molar-refractivity contribution is 0.921. The number of hydrogen-bond acceptors (Lipinski definition) is 2. The Kier molecular flexibility index (Phi) is 5.13. The van der Waals surface area contributed by atoms with Gasteiger partial charge in [0.2, 0.25) is 0 Å². The maximum absolute atomic E-state index is 6.08. The van der Waals surface area contributed by atoms with E-state index in [4.69, 9.17) is 11.6 Å². The zero-order valence-corrected chi connectivity index (χ0v) is 14.5. The molecule has 0 fully saturated rings. The molecule has 0 atom stereocenters. The Morgan fingerprint density at radius 1 is 1.33 bits per heavy atom. The summed E-state index contributed by atoms with van der Waals surface area (Å²) in [5, 5.41) is 3.77. The Labute approximate surface area is 133 Å². The van der Waals surface area contributed by atoms with Crippen LogP contribution in [0.25, 0.3) is 0 Å². The lowest BCUT2D eigenvalue weighted by Crippen LogP contribution is -2.17. The second-order valence-electron chi connectivity index (χ2n) is 4.02. The molecule has 0 aliphatic rings. The maximum Gasteiger partial charge on any atom is 0.0701 e. The van der Waals surface area contributed by atoms with Crippen LogP contribution in [0.15, 0.2) is 33.4 Å². The van der Waals surface area contributed by atoms with Gasteiger partial charge in [0, 0.05) is 29.6 Å². The summed E-state index contributed by atoms with van der Waals surface area (Å²) in [6.07, 6.45) is 0. The Bertz CT molecular complexity index is 542. The van der Waals surface area contributed by atoms with Crippen LogP contribution in [0.1, 0.15) is 11.1 Å². The smallest absolute Gasteiger partial charge is 0.0701 e. The molecule has 1 aromatic heterocycles. The molecule has 0 saturated heterocycles. The van der Waals surface area contributed by atoms with Crippen LogP contribution in [0.5, 0.6) is 0 Å². The quantitative estimate of drug-likeness (QED) is 0.586. The fraction of sp³-hybridized carbons (Fsp3) is 0.231. The van der Waals surface area contributed by atoms with E-state index in [0.717, 1.165) is 20.7 Å². The number of thiophene rings is 1. The first kappa shape index (κ1) is 14.4. The Morgan fingerprint density at radius 3 is 2.72 bits per heavy atom. The second kappa shape index (κ2) is 6.42. The SMILES string of the molecule is CN(Cc1csc(Br)c1)c1cc(Cl)ccc1CBr. The highest BCUT2D eigenvalue weighted by molar-refractivity contribution is 9.11. The molecule has 0 bridgehead atoms. The first-order valence-corrected chi connectivity index (χ1v) is 8.56. The molecule has 0 saturated carbocycles. The summed E-state index contributed by atoms with van der Waals surface area (Å²) in [7, 11) is 2.09. The van der Waals surface area contributed by atoms with Crippen molar-refractivity contribution in [2.75, 3.05) is 11.9 Å². The van der Waals surface area contributed by atoms with E-state index in [9.17, 15) is 0 Å². The summed E-state index contributed by atoms with van der Waals surface area (Å²) in [6, 6.07) is 8.15. The van der Waals surface area contributed by atoms with Gasteiger partial charge in [-0.1, -0.05) is 33.6 Å². The van der Waals surface area contributed by atoms with Gasteiger partial charge in [0.25, 0.3) is 0 Å². The second-order valence-corrected chi connectivity index (χ2v) is 7.31. The molecule has 0 amide bonds. The number of nitrogens with zero attached hydrogens (tertiary/aromatic N) is 1. The van der Waals surface area contributed by atoms with Crippen molar-refractivity contribution in [1.82, 2.24) is 0 Å². The van der Waals surface area contributed by atoms with Crippen LogP contribution in [0, 0.1) is 0 Å². The standard InChI is InChI=1S/C13H12Br2ClNS/c1-17(7-9-4-13(15)18-8-9)12-5-11(16)3-2-10(12)6-14/h2-5,8H,6-7H2,1H3. The van der Waals surface area contributed by atoms with E-state index in [1.165, 1.54) is 16.8 Å². The summed E-state index contributed by atoms with van der Waals surface area (Å²) >= 11 is 14.8. The topological polar surface area (TPSA) is 3.24 Å². The number of halogens is 3. The van der Waals surface area contributed by atoms with Gasteiger partial charge in [-0.15, -0.1) is 11.3 Å². The molecule has 1 nitrogen and oxygen atoms in total. The number of anilines is 1. The van der Waals surface area contributed by atoms with E-state index in [1.807, 2.05) is 12.1 Å². The lowest BCUT2D eigenvalue weighted by atomic mass is 10.2. The predicted octanol–water partition coefficient (Wildman–Crippen LogP) is 5.70. The van der Waals surface area contributed by atoms with Crippen LogP contribution in [0.3, 0.4) is 0 Å². The van der Waals surface area contributed by atoms with Crippen LogP contribution in [0.4, 0.5) is 5.69 Å². The van der Waals surface area contributed by atoms with E-state index in [0.29, 0.717) is 0 Å². The average molecular weight is 410 g/mol. The maximum atomic E-state index is 6.08. The Balaban J connectivity index is 2.22. The third-order valence-electron chi connectivity index (χ3n) is 2.64. The summed E-state index contributed by atoms with van der Waals surface area (Å²) in [5.41, 5.74) is 3.72. The fourth-order valence-electron chi connectivity index (χ4n) is 1.79. The minimum Gasteiger partial charge on any atom is -0.370 e. The van der Waals surface area contributed by atoms with Crippen LogP contribution in [0.2, 0.25) is 5.02 Å². The largest absolute Gasteiger partial charge is 0.370 e. The highest BCUT2D eigenvalue weighted by Crippen LogP contribution is 2.28. The molecule has 2 aromatic rings. The number of rotatable bonds is 4. The zero-order valence-electron chi connectivity index (χ0n) is 9.79. The van der Waals surface area contributed by atoms with Crippen LogP contribution < -0.4 is 4.90 Å². The monoisotopic (exact) mass is 407 g/mol. The molecule has 2 rings (SSSR count). The van der Waals surface area contributed by atoms with Gasteiger partial charge in [-0.25, -0.2) is 0 Å². The van der Waals surface area contributed by atoms with Crippen molar-refractivity contribution in [3.05, 3.63) is 49.6 Å². The van der Waals surface area contributed by atoms with E-state index >= 15 is 0 Å². The molecule has 1 aromatic carbocycles. The summed E-state index contributed by atoms with van der Waals surface area (Å²) in [6.45, 7) is 0.877. The minimum absolute atomic E-state index is 0.771. The molecule has 1 heterocycles. The van der Waals surface area contributed by atoms with Gasteiger partial charge in [0.05, 0.1) is 3.79 Å². The number of benzene rings is 1. The normalized spacial score (nSPS) is 10.7. The lowest BCUT2D eigenvalue weighted by Gasteiger charge is -2.21. The van der Waals surface area contributed by atoms with Gasteiger partial charge in [0.1, 0.15) is 0 Å². The third-order valence-corrected chi connectivity index (χ3v) is 5.04. The predicted molar refractivity (Wildman–Crippen MR) is 88.2 cm³/mol. The van der Waals surface area contributed by atoms with Gasteiger partial charge < -0.3 is 4.90 Å². The van der Waals surface area contributed by atoms with E-state index < -0.39 is 0 Å². The van der Waals surface area contributed by atoms with Crippen molar-refractivity contribution < 1.29 is 0 Å². The molecule has 0 radical (unpaired) electrons. The number of hydrogen-bond donors (Lipinski definition) is 0. The number of alkyl halides is 1. The molecule has 0 aliphatic carbocycles. The Hall–Kier alpha value is -0.0300. The van der Waals surface area contributed by atoms with Crippen molar-refractivity contribution >= 4 is 60.5 Å². The van der Waals surface area contributed by atoms with Crippen LogP contribution in [-0.4, -0.2) is 7.05 Å². The first-order valence-electron chi connectivity index (χ1n) is 5.38. The summed E-state index contributed by atoms with van der Waals surface area (Å²) < 4.78 is 1.16.